The molecule has 0 fully saturated rings. The standard InChI is InChI=1S/C15H15BF3NO7S/c1-2-5-26-14(22)20-11-4-3-9(6-10(11)7-16)13(21)27-12(15(17,18)19)8-28(23,24)25/h2-4,6,12H,1,5,7-8H2,(H,20,22)(H,23,24,25). The number of alkyl halides is 3. The van der Waals surface area contributed by atoms with Crippen molar-refractivity contribution in [3.63, 3.8) is 0 Å². The highest BCUT2D eigenvalue weighted by atomic mass is 32.2. The zero-order chi connectivity index (χ0) is 21.5. The number of rotatable bonds is 8. The number of carbonyl (C=O) groups excluding carboxylic acids is 2. The van der Waals surface area contributed by atoms with Crippen LogP contribution < -0.4 is 5.32 Å². The molecule has 1 aromatic rings. The zero-order valence-electron chi connectivity index (χ0n) is 14.2. The molecule has 1 aromatic carbocycles. The van der Waals surface area contributed by atoms with E-state index in [0.29, 0.717) is 0 Å². The number of halogens is 3. The molecule has 8 nitrogen and oxygen atoms in total. The van der Waals surface area contributed by atoms with E-state index >= 15 is 0 Å². The van der Waals surface area contributed by atoms with Gasteiger partial charge in [-0.1, -0.05) is 19.0 Å². The Morgan fingerprint density at radius 3 is 2.50 bits per heavy atom. The lowest BCUT2D eigenvalue weighted by molar-refractivity contribution is -0.197. The highest BCUT2D eigenvalue weighted by Crippen LogP contribution is 2.26. The first-order valence-electron chi connectivity index (χ1n) is 7.48. The fraction of sp³-hybridized carbons (Fsp3) is 0.333. The van der Waals surface area contributed by atoms with Crippen LogP contribution in [0.4, 0.5) is 23.7 Å². The van der Waals surface area contributed by atoms with Gasteiger partial charge in [0.05, 0.1) is 13.4 Å². The number of anilines is 1. The molecular weight excluding hydrogens is 406 g/mol. The van der Waals surface area contributed by atoms with E-state index in [1.54, 1.807) is 0 Å². The van der Waals surface area contributed by atoms with Gasteiger partial charge >= 0.3 is 18.2 Å². The van der Waals surface area contributed by atoms with Crippen molar-refractivity contribution in [2.24, 2.45) is 0 Å². The number of benzene rings is 1. The number of esters is 1. The van der Waals surface area contributed by atoms with Crippen molar-refractivity contribution >= 4 is 35.7 Å². The quantitative estimate of drug-likeness (QED) is 0.286. The first-order valence-corrected chi connectivity index (χ1v) is 9.08. The van der Waals surface area contributed by atoms with Crippen molar-refractivity contribution in [2.45, 2.75) is 18.6 Å². The van der Waals surface area contributed by atoms with Crippen LogP contribution in [0.5, 0.6) is 0 Å². The number of hydrogen-bond acceptors (Lipinski definition) is 6. The molecule has 1 atom stereocenters. The Kier molecular flexibility index (Phi) is 8.06. The molecule has 0 aliphatic heterocycles. The smallest absolute Gasteiger partial charge is 0.426 e. The van der Waals surface area contributed by atoms with E-state index < -0.39 is 40.2 Å². The van der Waals surface area contributed by atoms with Gasteiger partial charge in [-0.25, -0.2) is 9.59 Å². The van der Waals surface area contributed by atoms with Gasteiger partial charge in [-0.05, 0) is 23.8 Å². The largest absolute Gasteiger partial charge is 0.448 e. The van der Waals surface area contributed by atoms with E-state index in [4.69, 9.17) is 17.1 Å². The zero-order valence-corrected chi connectivity index (χ0v) is 15.0. The molecule has 2 N–H and O–H groups in total. The van der Waals surface area contributed by atoms with Gasteiger partial charge in [-0.2, -0.15) is 21.6 Å². The Morgan fingerprint density at radius 1 is 1.36 bits per heavy atom. The summed E-state index contributed by atoms with van der Waals surface area (Å²) in [6, 6.07) is 3.27. The van der Waals surface area contributed by atoms with E-state index in [1.165, 1.54) is 12.1 Å². The average molecular weight is 421 g/mol. The van der Waals surface area contributed by atoms with Crippen LogP contribution in [0.25, 0.3) is 0 Å². The predicted molar refractivity (Wildman–Crippen MR) is 92.7 cm³/mol. The van der Waals surface area contributed by atoms with Crippen LogP contribution in [0.2, 0.25) is 0 Å². The minimum Gasteiger partial charge on any atom is -0.448 e. The first kappa shape index (κ1) is 23.5. The monoisotopic (exact) mass is 421 g/mol. The van der Waals surface area contributed by atoms with Gasteiger partial charge in [0.1, 0.15) is 12.4 Å². The summed E-state index contributed by atoms with van der Waals surface area (Å²) in [5.41, 5.74) is -0.0724. The molecule has 0 heterocycles. The molecule has 0 aromatic heterocycles. The summed E-state index contributed by atoms with van der Waals surface area (Å²) in [4.78, 5) is 23.5. The second-order valence-electron chi connectivity index (χ2n) is 5.27. The molecule has 2 radical (unpaired) electrons. The molecule has 0 aliphatic carbocycles. The average Bonchev–Trinajstić information content (AvgIpc) is 2.57. The Bertz CT molecular complexity index is 843. The first-order chi connectivity index (χ1) is 12.9. The second-order valence-corrected chi connectivity index (χ2v) is 6.77. The van der Waals surface area contributed by atoms with Gasteiger partial charge in [-0.15, -0.1) is 0 Å². The summed E-state index contributed by atoms with van der Waals surface area (Å²) in [5, 5.41) is 2.33. The lowest BCUT2D eigenvalue weighted by Crippen LogP contribution is -2.39. The second kappa shape index (κ2) is 9.60. The van der Waals surface area contributed by atoms with Crippen molar-refractivity contribution < 1.29 is 45.2 Å². The maximum atomic E-state index is 12.8. The number of ether oxygens (including phenoxy) is 2. The van der Waals surface area contributed by atoms with Crippen LogP contribution in [0.15, 0.2) is 30.9 Å². The van der Waals surface area contributed by atoms with Crippen LogP contribution in [0.3, 0.4) is 0 Å². The van der Waals surface area contributed by atoms with Gasteiger partial charge in [0.15, 0.2) is 0 Å². The molecule has 0 bridgehead atoms. The van der Waals surface area contributed by atoms with Crippen LogP contribution in [-0.4, -0.2) is 57.5 Å². The molecule has 0 spiro atoms. The fourth-order valence-electron chi connectivity index (χ4n) is 1.88. The number of amides is 1. The SMILES string of the molecule is [B]Cc1cc(C(=O)OC(CS(=O)(=O)O)C(F)(F)F)ccc1NC(=O)OCC=C. The molecule has 13 heteroatoms. The topological polar surface area (TPSA) is 119 Å². The van der Waals surface area contributed by atoms with Crippen molar-refractivity contribution in [1.82, 2.24) is 0 Å². The third kappa shape index (κ3) is 7.60. The lowest BCUT2D eigenvalue weighted by atomic mass is 9.94. The molecule has 0 saturated carbocycles. The molecule has 152 valence electrons. The third-order valence-corrected chi connectivity index (χ3v) is 3.83. The predicted octanol–water partition coefficient (Wildman–Crippen LogP) is 2.07. The summed E-state index contributed by atoms with van der Waals surface area (Å²) < 4.78 is 77.4. The highest BCUT2D eigenvalue weighted by molar-refractivity contribution is 7.85. The lowest BCUT2D eigenvalue weighted by Gasteiger charge is -2.20. The summed E-state index contributed by atoms with van der Waals surface area (Å²) in [5.74, 6) is -3.35. The van der Waals surface area contributed by atoms with Crippen molar-refractivity contribution in [2.75, 3.05) is 17.7 Å². The van der Waals surface area contributed by atoms with Gasteiger partial charge in [0, 0.05) is 5.69 Å². The minimum absolute atomic E-state index is 0.0687. The Hall–Kier alpha value is -2.54. The van der Waals surface area contributed by atoms with Crippen LogP contribution in [-0.2, 0) is 25.9 Å². The molecule has 1 amide bonds. The Morgan fingerprint density at radius 2 is 2.00 bits per heavy atom. The van der Waals surface area contributed by atoms with E-state index in [9.17, 15) is 31.2 Å². The molecule has 0 saturated heterocycles. The van der Waals surface area contributed by atoms with E-state index in [0.717, 1.165) is 12.1 Å². The summed E-state index contributed by atoms with van der Waals surface area (Å²) in [6.07, 6.45) is -8.02. The van der Waals surface area contributed by atoms with Crippen molar-refractivity contribution in [3.8, 4) is 0 Å². The molecule has 1 unspecified atom stereocenters. The maximum Gasteiger partial charge on any atom is 0.426 e. The van der Waals surface area contributed by atoms with Crippen LogP contribution in [0, 0.1) is 0 Å². The van der Waals surface area contributed by atoms with Crippen LogP contribution in [0.1, 0.15) is 15.9 Å². The van der Waals surface area contributed by atoms with Gasteiger partial charge < -0.3 is 9.47 Å². The van der Waals surface area contributed by atoms with Gasteiger partial charge in [0.2, 0.25) is 6.10 Å². The summed E-state index contributed by atoms with van der Waals surface area (Å²) >= 11 is 0. The molecule has 1 rings (SSSR count). The number of hydrogen-bond donors (Lipinski definition) is 2. The van der Waals surface area contributed by atoms with Crippen molar-refractivity contribution in [3.05, 3.63) is 42.0 Å². The van der Waals surface area contributed by atoms with Gasteiger partial charge in [0.25, 0.3) is 10.1 Å². The van der Waals surface area contributed by atoms with E-state index in [2.05, 4.69) is 16.6 Å². The minimum atomic E-state index is -5.22. The molecule has 0 aliphatic rings. The van der Waals surface area contributed by atoms with Gasteiger partial charge in [-0.3, -0.25) is 9.87 Å². The number of nitrogens with one attached hydrogen (secondary N) is 1. The summed E-state index contributed by atoms with van der Waals surface area (Å²) in [7, 11) is 0.436. The maximum absolute atomic E-state index is 12.8. The Labute approximate surface area is 159 Å². The molecule has 28 heavy (non-hydrogen) atoms. The normalized spacial score (nSPS) is 12.7. The Balaban J connectivity index is 3.01. The van der Waals surface area contributed by atoms with E-state index in [-0.39, 0.29) is 29.7 Å². The number of carbonyl (C=O) groups is 2. The van der Waals surface area contributed by atoms with Crippen LogP contribution >= 0.6 is 0 Å². The molecular formula is C15H15BF3NO7S. The third-order valence-electron chi connectivity index (χ3n) is 3.11. The fourth-order valence-corrected chi connectivity index (χ4v) is 2.52. The summed E-state index contributed by atoms with van der Waals surface area (Å²) in [6.45, 7) is 3.29. The van der Waals surface area contributed by atoms with E-state index in [1.807, 2.05) is 0 Å². The van der Waals surface area contributed by atoms with Crippen molar-refractivity contribution in [1.29, 1.82) is 0 Å². The highest BCUT2D eigenvalue weighted by Gasteiger charge is 2.45.